The zero-order valence-electron chi connectivity index (χ0n) is 15.8. The summed E-state index contributed by atoms with van der Waals surface area (Å²) < 4.78 is 5.11. The Morgan fingerprint density at radius 3 is 2.21 bits per heavy atom. The number of imide groups is 1. The minimum atomic E-state index is -1.08. The fraction of sp³-hybridized carbons (Fsp3) is 0.238. The highest BCUT2D eigenvalue weighted by molar-refractivity contribution is 6.22. The van der Waals surface area contributed by atoms with Crippen LogP contribution in [-0.2, 0) is 14.3 Å². The van der Waals surface area contributed by atoms with Gasteiger partial charge >= 0.3 is 5.97 Å². The lowest BCUT2D eigenvalue weighted by molar-refractivity contribution is -0.153. The maximum atomic E-state index is 12.3. The second-order valence-corrected chi connectivity index (χ2v) is 6.68. The molecule has 1 atom stereocenters. The average molecular weight is 380 g/mol. The minimum Gasteiger partial charge on any atom is -0.451 e. The summed E-state index contributed by atoms with van der Waals surface area (Å²) in [5.74, 6) is -2.43. The number of rotatable bonds is 5. The number of nitrogens with one attached hydrogen (secondary N) is 1. The molecule has 0 bridgehead atoms. The van der Waals surface area contributed by atoms with Crippen molar-refractivity contribution >= 4 is 29.4 Å². The Hall–Kier alpha value is -3.48. The number of carbonyl (C=O) groups excluding carboxylic acids is 4. The van der Waals surface area contributed by atoms with Crippen LogP contribution in [0.25, 0.3) is 0 Å². The Kier molecular flexibility index (Phi) is 5.26. The Morgan fingerprint density at radius 2 is 1.64 bits per heavy atom. The number of aryl methyl sites for hydroxylation is 2. The monoisotopic (exact) mass is 380 g/mol. The summed E-state index contributed by atoms with van der Waals surface area (Å²) in [5.41, 5.74) is 3.08. The molecule has 3 amide bonds. The molecule has 0 saturated carbocycles. The van der Waals surface area contributed by atoms with E-state index in [9.17, 15) is 19.2 Å². The van der Waals surface area contributed by atoms with Crippen molar-refractivity contribution in [3.05, 3.63) is 64.7 Å². The topological polar surface area (TPSA) is 92.8 Å². The van der Waals surface area contributed by atoms with Crippen molar-refractivity contribution in [3.8, 4) is 0 Å². The largest absolute Gasteiger partial charge is 0.451 e. The third kappa shape index (κ3) is 3.78. The van der Waals surface area contributed by atoms with Gasteiger partial charge in [0, 0.05) is 5.69 Å². The van der Waals surface area contributed by atoms with E-state index < -0.39 is 36.3 Å². The van der Waals surface area contributed by atoms with E-state index >= 15 is 0 Å². The smallest absolute Gasteiger partial charge is 0.326 e. The molecule has 1 aliphatic rings. The summed E-state index contributed by atoms with van der Waals surface area (Å²) in [4.78, 5) is 49.9. The number of ether oxygens (including phenoxy) is 1. The van der Waals surface area contributed by atoms with Gasteiger partial charge in [-0.05, 0) is 44.5 Å². The second-order valence-electron chi connectivity index (χ2n) is 6.68. The molecular formula is C21H20N2O5. The van der Waals surface area contributed by atoms with Crippen LogP contribution in [0.1, 0.15) is 38.8 Å². The van der Waals surface area contributed by atoms with Crippen molar-refractivity contribution in [2.24, 2.45) is 0 Å². The number of nitrogens with zero attached hydrogens (tertiary/aromatic N) is 1. The molecule has 0 radical (unpaired) electrons. The number of hydrogen-bond donors (Lipinski definition) is 1. The number of amides is 3. The predicted octanol–water partition coefficient (Wildman–Crippen LogP) is 2.47. The lowest BCUT2D eigenvalue weighted by Gasteiger charge is -2.17. The fourth-order valence-corrected chi connectivity index (χ4v) is 2.99. The Bertz CT molecular complexity index is 948. The minimum absolute atomic E-state index is 0.251. The molecule has 1 N–H and O–H groups in total. The van der Waals surface area contributed by atoms with E-state index in [1.165, 1.54) is 19.1 Å². The quantitative estimate of drug-likeness (QED) is 0.635. The Balaban J connectivity index is 1.59. The zero-order chi connectivity index (χ0) is 20.4. The van der Waals surface area contributed by atoms with E-state index in [-0.39, 0.29) is 11.1 Å². The van der Waals surface area contributed by atoms with Gasteiger partial charge in [0.05, 0.1) is 11.1 Å². The summed E-state index contributed by atoms with van der Waals surface area (Å²) in [6.45, 7) is 4.69. The third-order valence-corrected chi connectivity index (χ3v) is 4.48. The van der Waals surface area contributed by atoms with E-state index in [4.69, 9.17) is 4.74 Å². The number of hydrogen-bond acceptors (Lipinski definition) is 5. The van der Waals surface area contributed by atoms with Gasteiger partial charge in [0.25, 0.3) is 17.7 Å². The van der Waals surface area contributed by atoms with Crippen LogP contribution in [0.3, 0.4) is 0 Å². The van der Waals surface area contributed by atoms with Gasteiger partial charge in [-0.1, -0.05) is 29.8 Å². The van der Waals surface area contributed by atoms with Gasteiger partial charge in [-0.25, -0.2) is 0 Å². The van der Waals surface area contributed by atoms with Gasteiger partial charge in [-0.2, -0.15) is 0 Å². The van der Waals surface area contributed by atoms with Crippen LogP contribution >= 0.6 is 0 Å². The highest BCUT2D eigenvalue weighted by Crippen LogP contribution is 2.22. The first kappa shape index (κ1) is 19.3. The SMILES string of the molecule is Cc1ccc(NC(=O)[C@@H](C)OC(=O)CN2C(=O)c3ccccc3C2=O)c(C)c1. The van der Waals surface area contributed by atoms with Gasteiger partial charge in [-0.15, -0.1) is 0 Å². The van der Waals surface area contributed by atoms with Gasteiger partial charge in [-0.3, -0.25) is 24.1 Å². The average Bonchev–Trinajstić information content (AvgIpc) is 2.89. The second kappa shape index (κ2) is 7.64. The van der Waals surface area contributed by atoms with Crippen molar-refractivity contribution in [1.82, 2.24) is 4.90 Å². The van der Waals surface area contributed by atoms with E-state index in [0.29, 0.717) is 5.69 Å². The molecule has 0 saturated heterocycles. The number of benzene rings is 2. The molecule has 7 nitrogen and oxygen atoms in total. The fourth-order valence-electron chi connectivity index (χ4n) is 2.99. The molecule has 3 rings (SSSR count). The standard InChI is InChI=1S/C21H20N2O5/c1-12-8-9-17(13(2)10-12)22-19(25)14(3)28-18(24)11-23-20(26)15-6-4-5-7-16(15)21(23)27/h4-10,14H,11H2,1-3H3,(H,22,25)/t14-/m1/s1. The van der Waals surface area contributed by atoms with Crippen molar-refractivity contribution in [2.75, 3.05) is 11.9 Å². The Morgan fingerprint density at radius 1 is 1.04 bits per heavy atom. The van der Waals surface area contributed by atoms with E-state index in [2.05, 4.69) is 5.32 Å². The summed E-state index contributed by atoms with van der Waals surface area (Å²) in [6.07, 6.45) is -1.08. The summed E-state index contributed by atoms with van der Waals surface area (Å²) in [6, 6.07) is 11.9. The first-order valence-corrected chi connectivity index (χ1v) is 8.80. The van der Waals surface area contributed by atoms with Crippen molar-refractivity contribution in [3.63, 3.8) is 0 Å². The summed E-state index contributed by atoms with van der Waals surface area (Å²) >= 11 is 0. The predicted molar refractivity (Wildman–Crippen MR) is 102 cm³/mol. The van der Waals surface area contributed by atoms with Crippen molar-refractivity contribution in [1.29, 1.82) is 0 Å². The van der Waals surface area contributed by atoms with E-state index in [1.54, 1.807) is 18.2 Å². The van der Waals surface area contributed by atoms with E-state index in [1.807, 2.05) is 26.0 Å². The highest BCUT2D eigenvalue weighted by atomic mass is 16.5. The maximum Gasteiger partial charge on any atom is 0.326 e. The molecule has 0 spiro atoms. The van der Waals surface area contributed by atoms with Crippen LogP contribution in [0.4, 0.5) is 5.69 Å². The zero-order valence-corrected chi connectivity index (χ0v) is 15.8. The van der Waals surface area contributed by atoms with Crippen LogP contribution in [-0.4, -0.2) is 41.2 Å². The first-order chi connectivity index (χ1) is 13.3. The number of fused-ring (bicyclic) bond motifs is 1. The molecule has 0 unspecified atom stereocenters. The molecule has 7 heteroatoms. The lowest BCUT2D eigenvalue weighted by Crippen LogP contribution is -2.38. The molecule has 0 aromatic heterocycles. The summed E-state index contributed by atoms with van der Waals surface area (Å²) in [7, 11) is 0. The Labute approximate surface area is 162 Å². The van der Waals surface area contributed by atoms with E-state index in [0.717, 1.165) is 16.0 Å². The molecule has 1 aliphatic heterocycles. The first-order valence-electron chi connectivity index (χ1n) is 8.80. The van der Waals surface area contributed by atoms with Gasteiger partial charge < -0.3 is 10.1 Å². The molecule has 0 fully saturated rings. The maximum absolute atomic E-state index is 12.3. The number of anilines is 1. The lowest BCUT2D eigenvalue weighted by atomic mass is 10.1. The molecule has 2 aromatic rings. The number of esters is 1. The van der Waals surface area contributed by atoms with Crippen LogP contribution < -0.4 is 5.32 Å². The van der Waals surface area contributed by atoms with Crippen LogP contribution in [0.15, 0.2) is 42.5 Å². The summed E-state index contributed by atoms with van der Waals surface area (Å²) in [5, 5.41) is 2.70. The molecular weight excluding hydrogens is 360 g/mol. The highest BCUT2D eigenvalue weighted by Gasteiger charge is 2.37. The third-order valence-electron chi connectivity index (χ3n) is 4.48. The number of carbonyl (C=O) groups is 4. The van der Waals surface area contributed by atoms with Crippen LogP contribution in [0, 0.1) is 13.8 Å². The molecule has 0 aliphatic carbocycles. The van der Waals surface area contributed by atoms with Crippen molar-refractivity contribution < 1.29 is 23.9 Å². The van der Waals surface area contributed by atoms with Gasteiger partial charge in [0.1, 0.15) is 6.54 Å². The van der Waals surface area contributed by atoms with Crippen LogP contribution in [0.5, 0.6) is 0 Å². The van der Waals surface area contributed by atoms with Gasteiger partial charge in [0.15, 0.2) is 6.10 Å². The van der Waals surface area contributed by atoms with Crippen molar-refractivity contribution in [2.45, 2.75) is 26.9 Å². The normalized spacial score (nSPS) is 13.9. The molecule has 2 aromatic carbocycles. The molecule has 144 valence electrons. The molecule has 1 heterocycles. The van der Waals surface area contributed by atoms with Gasteiger partial charge in [0.2, 0.25) is 0 Å². The molecule has 28 heavy (non-hydrogen) atoms. The van der Waals surface area contributed by atoms with Crippen LogP contribution in [0.2, 0.25) is 0 Å².